The van der Waals surface area contributed by atoms with Crippen LogP contribution < -0.4 is 4.90 Å². The van der Waals surface area contributed by atoms with E-state index in [9.17, 15) is 9.59 Å². The minimum absolute atomic E-state index is 0.0484. The number of anilines is 2. The van der Waals surface area contributed by atoms with Gasteiger partial charge in [0.05, 0.1) is 22.6 Å². The van der Waals surface area contributed by atoms with E-state index < -0.39 is 5.97 Å². The summed E-state index contributed by atoms with van der Waals surface area (Å²) in [4.78, 5) is 34.7. The third-order valence-electron chi connectivity index (χ3n) is 3.82. The molecule has 2 aromatic heterocycles. The van der Waals surface area contributed by atoms with Gasteiger partial charge in [0.2, 0.25) is 5.91 Å². The Hall–Kier alpha value is -2.58. The second-order valence-electron chi connectivity index (χ2n) is 5.82. The molecule has 0 atom stereocenters. The fourth-order valence-corrected chi connectivity index (χ4v) is 3.98. The Morgan fingerprint density at radius 1 is 1.22 bits per heavy atom. The Balaban J connectivity index is 1.71. The zero-order valence-electron chi connectivity index (χ0n) is 15.3. The van der Waals surface area contributed by atoms with Crippen molar-refractivity contribution in [1.29, 1.82) is 0 Å². The molecule has 3 aromatic rings. The van der Waals surface area contributed by atoms with Crippen LogP contribution in [-0.2, 0) is 22.6 Å². The maximum absolute atomic E-state index is 12.2. The van der Waals surface area contributed by atoms with Crippen molar-refractivity contribution < 1.29 is 14.3 Å². The highest BCUT2D eigenvalue weighted by molar-refractivity contribution is 7.14. The number of rotatable bonds is 6. The first-order valence-corrected chi connectivity index (χ1v) is 10.1. The second kappa shape index (κ2) is 8.41. The lowest BCUT2D eigenvalue weighted by Crippen LogP contribution is -2.22. The van der Waals surface area contributed by atoms with Crippen LogP contribution in [-0.4, -0.2) is 21.8 Å². The molecule has 0 saturated heterocycles. The van der Waals surface area contributed by atoms with E-state index in [0.717, 1.165) is 17.1 Å². The van der Waals surface area contributed by atoms with Gasteiger partial charge in [-0.05, 0) is 31.0 Å². The van der Waals surface area contributed by atoms with Crippen LogP contribution in [0.1, 0.15) is 39.8 Å². The first kappa shape index (κ1) is 19.2. The molecule has 0 saturated carbocycles. The van der Waals surface area contributed by atoms with Gasteiger partial charge in [0.15, 0.2) is 5.13 Å². The number of benzene rings is 1. The summed E-state index contributed by atoms with van der Waals surface area (Å²) in [5.74, 6) is -0.550. The summed E-state index contributed by atoms with van der Waals surface area (Å²) in [6, 6.07) is 7.82. The normalized spacial score (nSPS) is 10.6. The van der Waals surface area contributed by atoms with E-state index in [0.29, 0.717) is 15.7 Å². The van der Waals surface area contributed by atoms with Crippen molar-refractivity contribution >= 4 is 45.4 Å². The predicted molar refractivity (Wildman–Crippen MR) is 107 cm³/mol. The lowest BCUT2D eigenvalue weighted by atomic mass is 10.1. The summed E-state index contributed by atoms with van der Waals surface area (Å²) in [5.41, 5.74) is 2.56. The molecule has 8 heteroatoms. The Morgan fingerprint density at radius 3 is 2.56 bits per heavy atom. The van der Waals surface area contributed by atoms with E-state index in [2.05, 4.69) is 16.9 Å². The second-order valence-corrected chi connectivity index (χ2v) is 7.89. The zero-order valence-corrected chi connectivity index (χ0v) is 16.9. The van der Waals surface area contributed by atoms with E-state index >= 15 is 0 Å². The molecule has 0 unspecified atom stereocenters. The van der Waals surface area contributed by atoms with Crippen molar-refractivity contribution in [3.63, 3.8) is 0 Å². The highest BCUT2D eigenvalue weighted by Crippen LogP contribution is 2.29. The average Bonchev–Trinajstić information content (AvgIpc) is 3.29. The van der Waals surface area contributed by atoms with Crippen LogP contribution in [0.2, 0.25) is 0 Å². The summed E-state index contributed by atoms with van der Waals surface area (Å²) in [5, 5.41) is 3.15. The summed E-state index contributed by atoms with van der Waals surface area (Å²) < 4.78 is 5.29. The van der Waals surface area contributed by atoms with Gasteiger partial charge in [0.25, 0.3) is 0 Å². The predicted octanol–water partition coefficient (Wildman–Crippen LogP) is 4.51. The minimum atomic E-state index is -0.422. The maximum Gasteiger partial charge on any atom is 0.350 e. The lowest BCUT2D eigenvalue weighted by Gasteiger charge is -2.18. The summed E-state index contributed by atoms with van der Waals surface area (Å²) >= 11 is 2.62. The number of amides is 1. The lowest BCUT2D eigenvalue weighted by molar-refractivity contribution is -0.115. The van der Waals surface area contributed by atoms with Crippen LogP contribution >= 0.6 is 22.7 Å². The molecule has 0 fully saturated rings. The number of thiazole rings is 2. The standard InChI is InChI=1S/C19H19N3O3S2/c1-4-14-5-7-16(8-6-14)22(13(3)23)19-21-15(11-26-19)10-25-18(24)17-9-20-12(2)27-17/h5-9,11H,4,10H2,1-3H3. The van der Waals surface area contributed by atoms with Crippen molar-refractivity contribution in [2.75, 3.05) is 4.90 Å². The number of ether oxygens (including phenoxy) is 1. The van der Waals surface area contributed by atoms with Gasteiger partial charge in [-0.25, -0.2) is 14.8 Å². The minimum Gasteiger partial charge on any atom is -0.455 e. The first-order chi connectivity index (χ1) is 13.0. The Kier molecular flexibility index (Phi) is 5.98. The number of hydrogen-bond acceptors (Lipinski definition) is 7. The number of carbonyl (C=O) groups excluding carboxylic acids is 2. The van der Waals surface area contributed by atoms with Crippen molar-refractivity contribution in [2.45, 2.75) is 33.8 Å². The van der Waals surface area contributed by atoms with E-state index in [1.54, 1.807) is 10.3 Å². The van der Waals surface area contributed by atoms with Crippen LogP contribution in [0.25, 0.3) is 0 Å². The maximum atomic E-state index is 12.2. The molecule has 1 aromatic carbocycles. The van der Waals surface area contributed by atoms with Gasteiger partial charge in [0, 0.05) is 12.3 Å². The largest absolute Gasteiger partial charge is 0.455 e. The van der Waals surface area contributed by atoms with Crippen LogP contribution in [0.5, 0.6) is 0 Å². The number of carbonyl (C=O) groups is 2. The third-order valence-corrected chi connectivity index (χ3v) is 5.59. The van der Waals surface area contributed by atoms with Crippen molar-refractivity contribution in [1.82, 2.24) is 9.97 Å². The fourth-order valence-electron chi connectivity index (χ4n) is 2.44. The molecule has 140 valence electrons. The molecule has 27 heavy (non-hydrogen) atoms. The monoisotopic (exact) mass is 401 g/mol. The molecule has 0 spiro atoms. The molecular formula is C19H19N3O3S2. The number of nitrogens with zero attached hydrogens (tertiary/aromatic N) is 3. The average molecular weight is 402 g/mol. The van der Waals surface area contributed by atoms with Gasteiger partial charge in [-0.1, -0.05) is 19.1 Å². The zero-order chi connectivity index (χ0) is 19.4. The van der Waals surface area contributed by atoms with E-state index in [-0.39, 0.29) is 12.5 Å². The molecule has 0 aliphatic heterocycles. The van der Waals surface area contributed by atoms with Gasteiger partial charge in [0.1, 0.15) is 11.5 Å². The van der Waals surface area contributed by atoms with Gasteiger partial charge in [-0.15, -0.1) is 22.7 Å². The Labute approximate surface area is 165 Å². The number of aryl methyl sites for hydroxylation is 2. The number of esters is 1. The SMILES string of the molecule is CCc1ccc(N(C(C)=O)c2nc(COC(=O)c3cnc(C)s3)cs2)cc1. The van der Waals surface area contributed by atoms with Crippen molar-refractivity contribution in [2.24, 2.45) is 0 Å². The molecule has 0 N–H and O–H groups in total. The molecule has 0 bridgehead atoms. The van der Waals surface area contributed by atoms with Crippen LogP contribution in [0.3, 0.4) is 0 Å². The molecule has 2 heterocycles. The highest BCUT2D eigenvalue weighted by Gasteiger charge is 2.19. The number of hydrogen-bond donors (Lipinski definition) is 0. The van der Waals surface area contributed by atoms with E-state index in [4.69, 9.17) is 4.74 Å². The number of aromatic nitrogens is 2. The molecule has 0 aliphatic rings. The van der Waals surface area contributed by atoms with Crippen molar-refractivity contribution in [3.05, 3.63) is 57.0 Å². The van der Waals surface area contributed by atoms with E-state index in [1.807, 2.05) is 31.2 Å². The summed E-state index contributed by atoms with van der Waals surface area (Å²) in [6.45, 7) is 5.46. The molecule has 0 radical (unpaired) electrons. The fraction of sp³-hybridized carbons (Fsp3) is 0.263. The van der Waals surface area contributed by atoms with Crippen LogP contribution in [0, 0.1) is 6.92 Å². The van der Waals surface area contributed by atoms with Gasteiger partial charge in [-0.2, -0.15) is 0 Å². The van der Waals surface area contributed by atoms with Crippen LogP contribution in [0.15, 0.2) is 35.8 Å². The smallest absolute Gasteiger partial charge is 0.350 e. The molecule has 1 amide bonds. The Bertz CT molecular complexity index is 947. The third kappa shape index (κ3) is 4.58. The quantitative estimate of drug-likeness (QED) is 0.568. The molecule has 3 rings (SSSR count). The van der Waals surface area contributed by atoms with Gasteiger partial charge >= 0.3 is 5.97 Å². The van der Waals surface area contributed by atoms with Gasteiger partial charge in [-0.3, -0.25) is 9.69 Å². The highest BCUT2D eigenvalue weighted by atomic mass is 32.1. The summed E-state index contributed by atoms with van der Waals surface area (Å²) in [6.07, 6.45) is 2.44. The first-order valence-electron chi connectivity index (χ1n) is 8.41. The van der Waals surface area contributed by atoms with Gasteiger partial charge < -0.3 is 4.74 Å². The molecule has 0 aliphatic carbocycles. The van der Waals surface area contributed by atoms with Crippen molar-refractivity contribution in [3.8, 4) is 0 Å². The molecular weight excluding hydrogens is 382 g/mol. The Morgan fingerprint density at radius 2 is 1.96 bits per heavy atom. The topological polar surface area (TPSA) is 72.4 Å². The molecule has 6 nitrogen and oxygen atoms in total. The summed E-state index contributed by atoms with van der Waals surface area (Å²) in [7, 11) is 0. The van der Waals surface area contributed by atoms with Crippen LogP contribution in [0.4, 0.5) is 10.8 Å². The van der Waals surface area contributed by atoms with E-state index in [1.165, 1.54) is 41.4 Å².